The summed E-state index contributed by atoms with van der Waals surface area (Å²) in [5.41, 5.74) is 1.28. The van der Waals surface area contributed by atoms with Gasteiger partial charge in [-0.2, -0.15) is 0 Å². The minimum atomic E-state index is -0.447. The summed E-state index contributed by atoms with van der Waals surface area (Å²) in [5.74, 6) is 1.11. The molecule has 0 aromatic heterocycles. The first-order valence-electron chi connectivity index (χ1n) is 6.57. The maximum absolute atomic E-state index is 11.7. The van der Waals surface area contributed by atoms with Crippen molar-refractivity contribution in [1.82, 2.24) is 0 Å². The van der Waals surface area contributed by atoms with Gasteiger partial charge in [0.1, 0.15) is 11.5 Å². The van der Waals surface area contributed by atoms with E-state index < -0.39 is 4.92 Å². The lowest BCUT2D eigenvalue weighted by Gasteiger charge is -2.09. The molecule has 0 saturated heterocycles. The normalized spacial score (nSPS) is 10.2. The minimum Gasteiger partial charge on any atom is -0.457 e. The van der Waals surface area contributed by atoms with Gasteiger partial charge in [0, 0.05) is 24.1 Å². The maximum Gasteiger partial charge on any atom is 0.269 e. The van der Waals surface area contributed by atoms with Crippen molar-refractivity contribution in [3.63, 3.8) is 0 Å². The molecule has 0 aliphatic heterocycles. The Hall–Kier alpha value is -2.69. The van der Waals surface area contributed by atoms with Crippen LogP contribution < -0.4 is 4.74 Å². The van der Waals surface area contributed by atoms with Gasteiger partial charge in [0.05, 0.1) is 4.92 Å². The number of ketones is 1. The molecule has 0 amide bonds. The third-order valence-corrected chi connectivity index (χ3v) is 3.07. The van der Waals surface area contributed by atoms with Gasteiger partial charge in [-0.05, 0) is 30.7 Å². The largest absolute Gasteiger partial charge is 0.457 e. The molecule has 5 nitrogen and oxygen atoms in total. The van der Waals surface area contributed by atoms with Crippen molar-refractivity contribution in [2.75, 3.05) is 0 Å². The van der Waals surface area contributed by atoms with Crippen molar-refractivity contribution in [2.24, 2.45) is 0 Å². The molecule has 2 rings (SSSR count). The van der Waals surface area contributed by atoms with Crippen LogP contribution in [0.4, 0.5) is 5.69 Å². The van der Waals surface area contributed by atoms with Gasteiger partial charge in [0.25, 0.3) is 5.69 Å². The topological polar surface area (TPSA) is 69.4 Å². The highest BCUT2D eigenvalue weighted by molar-refractivity contribution is 5.96. The Balaban J connectivity index is 2.26. The predicted molar refractivity (Wildman–Crippen MR) is 79.0 cm³/mol. The van der Waals surface area contributed by atoms with Crippen LogP contribution in [0.2, 0.25) is 0 Å². The first-order chi connectivity index (χ1) is 10.0. The number of hydrogen-bond donors (Lipinski definition) is 0. The molecule has 0 radical (unpaired) electrons. The molecular weight excluding hydrogens is 270 g/mol. The van der Waals surface area contributed by atoms with Crippen molar-refractivity contribution in [3.8, 4) is 11.5 Å². The number of nitro groups is 1. The van der Waals surface area contributed by atoms with Gasteiger partial charge in [0.15, 0.2) is 5.78 Å². The lowest BCUT2D eigenvalue weighted by atomic mass is 10.1. The SMILES string of the molecule is CCC(=O)c1cccc(Oc2ccc([N+](=O)[O-])cc2C)c1. The van der Waals surface area contributed by atoms with Crippen LogP contribution in [0.5, 0.6) is 11.5 Å². The zero-order valence-electron chi connectivity index (χ0n) is 11.8. The third kappa shape index (κ3) is 3.45. The number of non-ortho nitro benzene ring substituents is 1. The summed E-state index contributed by atoms with van der Waals surface area (Å²) in [6.07, 6.45) is 0.431. The van der Waals surface area contributed by atoms with Crippen molar-refractivity contribution in [3.05, 3.63) is 63.7 Å². The molecule has 0 spiro atoms. The second kappa shape index (κ2) is 6.17. The monoisotopic (exact) mass is 285 g/mol. The molecule has 108 valence electrons. The zero-order chi connectivity index (χ0) is 15.4. The molecule has 0 saturated carbocycles. The first-order valence-corrected chi connectivity index (χ1v) is 6.57. The van der Waals surface area contributed by atoms with Crippen LogP contribution in [-0.4, -0.2) is 10.7 Å². The smallest absolute Gasteiger partial charge is 0.269 e. The zero-order valence-corrected chi connectivity index (χ0v) is 11.8. The van der Waals surface area contributed by atoms with Crippen LogP contribution in [0, 0.1) is 17.0 Å². The average molecular weight is 285 g/mol. The quantitative estimate of drug-likeness (QED) is 0.467. The summed E-state index contributed by atoms with van der Waals surface area (Å²) in [6, 6.07) is 11.3. The van der Waals surface area contributed by atoms with Crippen LogP contribution >= 0.6 is 0 Å². The predicted octanol–water partition coefficient (Wildman–Crippen LogP) is 4.29. The Bertz CT molecular complexity index is 694. The van der Waals surface area contributed by atoms with E-state index in [2.05, 4.69) is 0 Å². The van der Waals surface area contributed by atoms with E-state index in [9.17, 15) is 14.9 Å². The molecule has 2 aromatic rings. The minimum absolute atomic E-state index is 0.0229. The van der Waals surface area contributed by atoms with E-state index in [4.69, 9.17) is 4.74 Å². The molecule has 2 aromatic carbocycles. The molecule has 0 fully saturated rings. The van der Waals surface area contributed by atoms with Gasteiger partial charge in [-0.25, -0.2) is 0 Å². The van der Waals surface area contributed by atoms with E-state index in [1.807, 2.05) is 0 Å². The molecule has 5 heteroatoms. The summed E-state index contributed by atoms with van der Waals surface area (Å²) in [4.78, 5) is 21.9. The van der Waals surface area contributed by atoms with Crippen LogP contribution in [-0.2, 0) is 0 Å². The Kier molecular flexibility index (Phi) is 4.33. The Morgan fingerprint density at radius 3 is 2.62 bits per heavy atom. The number of nitro benzene ring substituents is 1. The second-order valence-electron chi connectivity index (χ2n) is 4.61. The summed E-state index contributed by atoms with van der Waals surface area (Å²) < 4.78 is 5.70. The van der Waals surface area contributed by atoms with Gasteiger partial charge < -0.3 is 4.74 Å². The van der Waals surface area contributed by atoms with Gasteiger partial charge in [-0.3, -0.25) is 14.9 Å². The van der Waals surface area contributed by atoms with Crippen LogP contribution in [0.25, 0.3) is 0 Å². The number of ether oxygens (including phenoxy) is 1. The number of carbonyl (C=O) groups is 1. The molecule has 0 heterocycles. The van der Waals surface area contributed by atoms with Crippen LogP contribution in [0.3, 0.4) is 0 Å². The van der Waals surface area contributed by atoms with Gasteiger partial charge in [-0.1, -0.05) is 19.1 Å². The van der Waals surface area contributed by atoms with Gasteiger partial charge >= 0.3 is 0 Å². The summed E-state index contributed by atoms with van der Waals surface area (Å²) in [6.45, 7) is 3.54. The Morgan fingerprint density at radius 2 is 2.00 bits per heavy atom. The molecule has 0 aliphatic carbocycles. The summed E-state index contributed by atoms with van der Waals surface area (Å²) >= 11 is 0. The number of aryl methyl sites for hydroxylation is 1. The molecule has 0 N–H and O–H groups in total. The number of Topliss-reactive ketones (excluding diaryl/α,β-unsaturated/α-hetero) is 1. The third-order valence-electron chi connectivity index (χ3n) is 3.07. The molecule has 0 bridgehead atoms. The van der Waals surface area contributed by atoms with Crippen LogP contribution in [0.15, 0.2) is 42.5 Å². The Labute approximate surface area is 122 Å². The highest BCUT2D eigenvalue weighted by Crippen LogP contribution is 2.28. The van der Waals surface area contributed by atoms with Crippen molar-refractivity contribution >= 4 is 11.5 Å². The fourth-order valence-corrected chi connectivity index (χ4v) is 1.93. The first kappa shape index (κ1) is 14.7. The van der Waals surface area contributed by atoms with Gasteiger partial charge in [-0.15, -0.1) is 0 Å². The van der Waals surface area contributed by atoms with Crippen molar-refractivity contribution < 1.29 is 14.5 Å². The van der Waals surface area contributed by atoms with Crippen LogP contribution in [0.1, 0.15) is 29.3 Å². The van der Waals surface area contributed by atoms with E-state index in [1.165, 1.54) is 12.1 Å². The van der Waals surface area contributed by atoms with Crippen molar-refractivity contribution in [2.45, 2.75) is 20.3 Å². The second-order valence-corrected chi connectivity index (χ2v) is 4.61. The maximum atomic E-state index is 11.7. The van der Waals surface area contributed by atoms with E-state index in [-0.39, 0.29) is 11.5 Å². The fraction of sp³-hybridized carbons (Fsp3) is 0.188. The Morgan fingerprint density at radius 1 is 1.24 bits per heavy atom. The average Bonchev–Trinajstić information content (AvgIpc) is 2.48. The number of hydrogen-bond acceptors (Lipinski definition) is 4. The summed E-state index contributed by atoms with van der Waals surface area (Å²) in [7, 11) is 0. The lowest BCUT2D eigenvalue weighted by molar-refractivity contribution is -0.384. The molecule has 0 unspecified atom stereocenters. The fourth-order valence-electron chi connectivity index (χ4n) is 1.93. The number of carbonyl (C=O) groups excluding carboxylic acids is 1. The van der Waals surface area contributed by atoms with E-state index in [1.54, 1.807) is 44.2 Å². The number of benzene rings is 2. The lowest BCUT2D eigenvalue weighted by Crippen LogP contribution is -1.97. The molecule has 0 atom stereocenters. The van der Waals surface area contributed by atoms with Gasteiger partial charge in [0.2, 0.25) is 0 Å². The highest BCUT2D eigenvalue weighted by atomic mass is 16.6. The molecule has 21 heavy (non-hydrogen) atoms. The standard InChI is InChI=1S/C16H15NO4/c1-3-15(18)12-5-4-6-14(10-12)21-16-8-7-13(17(19)20)9-11(16)2/h4-10H,3H2,1-2H3. The van der Waals surface area contributed by atoms with E-state index in [0.29, 0.717) is 29.0 Å². The molecule has 0 aliphatic rings. The highest BCUT2D eigenvalue weighted by Gasteiger charge is 2.10. The molecular formula is C16H15NO4. The van der Waals surface area contributed by atoms with E-state index in [0.717, 1.165) is 0 Å². The number of rotatable bonds is 5. The van der Waals surface area contributed by atoms with Crippen molar-refractivity contribution in [1.29, 1.82) is 0 Å². The van der Waals surface area contributed by atoms with E-state index >= 15 is 0 Å². The summed E-state index contributed by atoms with van der Waals surface area (Å²) in [5, 5.41) is 10.7. The number of nitrogens with zero attached hydrogens (tertiary/aromatic N) is 1.